The van der Waals surface area contributed by atoms with Gasteiger partial charge in [-0.3, -0.25) is 0 Å². The zero-order valence-electron chi connectivity index (χ0n) is 10.9. The average molecular weight is 250 g/mol. The van der Waals surface area contributed by atoms with E-state index in [2.05, 4.69) is 18.8 Å². The summed E-state index contributed by atoms with van der Waals surface area (Å²) >= 11 is 0. The molecule has 0 saturated carbocycles. The third-order valence-electron chi connectivity index (χ3n) is 2.77. The smallest absolute Gasteiger partial charge is 0.133 e. The van der Waals surface area contributed by atoms with E-state index < -0.39 is 6.10 Å². The number of unbranched alkanes of at least 4 members (excludes halogenated alkanes) is 2. The number of hydrogen-bond donors (Lipinski definition) is 2. The van der Waals surface area contributed by atoms with Gasteiger partial charge in [0, 0.05) is 12.8 Å². The molecule has 0 saturated heterocycles. The van der Waals surface area contributed by atoms with Gasteiger partial charge in [-0.1, -0.05) is 26.2 Å². The molecule has 3 heteroatoms. The summed E-state index contributed by atoms with van der Waals surface area (Å²) in [7, 11) is 0. The zero-order chi connectivity index (χ0) is 13.2. The van der Waals surface area contributed by atoms with Gasteiger partial charge in [-0.05, 0) is 18.6 Å². The Labute approximate surface area is 109 Å². The van der Waals surface area contributed by atoms with Crippen molar-refractivity contribution in [3.8, 4) is 11.8 Å². The molecule has 0 aromatic carbocycles. The van der Waals surface area contributed by atoms with Gasteiger partial charge in [0.1, 0.15) is 11.9 Å². The SMILES string of the molecule is CCCCC[C@@H](O)CC#CC[C@@H](O)c1ccco1. The Kier molecular flexibility index (Phi) is 7.24. The van der Waals surface area contributed by atoms with Crippen molar-refractivity contribution < 1.29 is 14.6 Å². The molecule has 0 radical (unpaired) electrons. The maximum Gasteiger partial charge on any atom is 0.133 e. The monoisotopic (exact) mass is 250 g/mol. The summed E-state index contributed by atoms with van der Waals surface area (Å²) in [6.45, 7) is 2.14. The van der Waals surface area contributed by atoms with Crippen LogP contribution in [0.3, 0.4) is 0 Å². The third-order valence-corrected chi connectivity index (χ3v) is 2.77. The lowest BCUT2D eigenvalue weighted by Gasteiger charge is -2.05. The van der Waals surface area contributed by atoms with Gasteiger partial charge in [0.25, 0.3) is 0 Å². The molecule has 2 atom stereocenters. The van der Waals surface area contributed by atoms with Gasteiger partial charge < -0.3 is 14.6 Å². The summed E-state index contributed by atoms with van der Waals surface area (Å²) in [5.41, 5.74) is 0. The van der Waals surface area contributed by atoms with Gasteiger partial charge in [0.15, 0.2) is 0 Å². The first kappa shape index (κ1) is 14.8. The number of rotatable bonds is 7. The van der Waals surface area contributed by atoms with Crippen LogP contribution in [0.4, 0.5) is 0 Å². The van der Waals surface area contributed by atoms with E-state index in [0.717, 1.165) is 25.7 Å². The van der Waals surface area contributed by atoms with E-state index in [-0.39, 0.29) is 6.10 Å². The second-order valence-electron chi connectivity index (χ2n) is 4.44. The second-order valence-corrected chi connectivity index (χ2v) is 4.44. The minimum absolute atomic E-state index is 0.342. The second kappa shape index (κ2) is 8.79. The Morgan fingerprint density at radius 1 is 1.22 bits per heavy atom. The van der Waals surface area contributed by atoms with Crippen LogP contribution in [0, 0.1) is 11.8 Å². The normalized spacial score (nSPS) is 13.7. The van der Waals surface area contributed by atoms with E-state index in [1.54, 1.807) is 12.1 Å². The minimum atomic E-state index is -0.676. The van der Waals surface area contributed by atoms with Crippen molar-refractivity contribution in [3.05, 3.63) is 24.2 Å². The Balaban J connectivity index is 2.17. The molecule has 0 aliphatic heterocycles. The summed E-state index contributed by atoms with van der Waals surface area (Å²) in [4.78, 5) is 0. The minimum Gasteiger partial charge on any atom is -0.467 e. The number of furan rings is 1. The molecular weight excluding hydrogens is 228 g/mol. The van der Waals surface area contributed by atoms with Gasteiger partial charge in [-0.2, -0.15) is 0 Å². The van der Waals surface area contributed by atoms with Crippen molar-refractivity contribution in [1.29, 1.82) is 0 Å². The first-order valence-electron chi connectivity index (χ1n) is 6.59. The van der Waals surface area contributed by atoms with Crippen LogP contribution in [0.5, 0.6) is 0 Å². The highest BCUT2D eigenvalue weighted by Gasteiger charge is 2.07. The van der Waals surface area contributed by atoms with Crippen LogP contribution in [0.25, 0.3) is 0 Å². The van der Waals surface area contributed by atoms with Crippen molar-refractivity contribution in [2.45, 2.75) is 57.7 Å². The summed E-state index contributed by atoms with van der Waals surface area (Å²) < 4.78 is 5.07. The fraction of sp³-hybridized carbons (Fsp3) is 0.600. The molecule has 1 aromatic rings. The number of hydrogen-bond acceptors (Lipinski definition) is 3. The van der Waals surface area contributed by atoms with Crippen molar-refractivity contribution in [3.63, 3.8) is 0 Å². The van der Waals surface area contributed by atoms with E-state index in [0.29, 0.717) is 18.6 Å². The highest BCUT2D eigenvalue weighted by Crippen LogP contribution is 2.15. The molecule has 3 nitrogen and oxygen atoms in total. The van der Waals surface area contributed by atoms with Crippen LogP contribution in [-0.4, -0.2) is 16.3 Å². The quantitative estimate of drug-likeness (QED) is 0.577. The Morgan fingerprint density at radius 3 is 2.67 bits per heavy atom. The average Bonchev–Trinajstić information content (AvgIpc) is 2.88. The van der Waals surface area contributed by atoms with Crippen LogP contribution < -0.4 is 0 Å². The third kappa shape index (κ3) is 5.90. The highest BCUT2D eigenvalue weighted by atomic mass is 16.4. The first-order valence-corrected chi connectivity index (χ1v) is 6.59. The Hall–Kier alpha value is -1.24. The highest BCUT2D eigenvalue weighted by molar-refractivity contribution is 5.08. The maximum atomic E-state index is 9.69. The molecule has 0 amide bonds. The molecule has 0 aliphatic rings. The van der Waals surface area contributed by atoms with Crippen molar-refractivity contribution in [1.82, 2.24) is 0 Å². The topological polar surface area (TPSA) is 53.6 Å². The maximum absolute atomic E-state index is 9.69. The Bertz CT molecular complexity index is 359. The molecule has 0 unspecified atom stereocenters. The van der Waals surface area contributed by atoms with E-state index in [4.69, 9.17) is 4.42 Å². The molecule has 18 heavy (non-hydrogen) atoms. The predicted octanol–water partition coefficient (Wildman–Crippen LogP) is 3.04. The van der Waals surface area contributed by atoms with Gasteiger partial charge in [-0.15, -0.1) is 11.8 Å². The van der Waals surface area contributed by atoms with E-state index in [1.807, 2.05) is 0 Å². The summed E-state index contributed by atoms with van der Waals surface area (Å²) in [5.74, 6) is 6.31. The Morgan fingerprint density at radius 2 is 2.00 bits per heavy atom. The van der Waals surface area contributed by atoms with Crippen LogP contribution in [0.15, 0.2) is 22.8 Å². The first-order chi connectivity index (χ1) is 8.74. The van der Waals surface area contributed by atoms with Gasteiger partial charge >= 0.3 is 0 Å². The molecule has 0 fully saturated rings. The molecule has 1 heterocycles. The van der Waals surface area contributed by atoms with Crippen LogP contribution >= 0.6 is 0 Å². The molecule has 1 aromatic heterocycles. The fourth-order valence-corrected chi connectivity index (χ4v) is 1.67. The molecule has 0 aliphatic carbocycles. The summed E-state index contributed by atoms with van der Waals surface area (Å²) in [6, 6.07) is 3.47. The van der Waals surface area contributed by atoms with Gasteiger partial charge in [-0.25, -0.2) is 0 Å². The molecule has 1 rings (SSSR count). The van der Waals surface area contributed by atoms with Crippen LogP contribution in [0.1, 0.15) is 57.3 Å². The van der Waals surface area contributed by atoms with E-state index in [1.165, 1.54) is 6.26 Å². The lowest BCUT2D eigenvalue weighted by molar-refractivity contribution is 0.154. The largest absolute Gasteiger partial charge is 0.467 e. The molecule has 0 spiro atoms. The van der Waals surface area contributed by atoms with Gasteiger partial charge in [0.2, 0.25) is 0 Å². The molecular formula is C15H22O3. The summed E-state index contributed by atoms with van der Waals surface area (Å²) in [5, 5.41) is 19.3. The van der Waals surface area contributed by atoms with Crippen molar-refractivity contribution in [2.24, 2.45) is 0 Å². The molecule has 0 bridgehead atoms. The van der Waals surface area contributed by atoms with Crippen molar-refractivity contribution >= 4 is 0 Å². The number of aliphatic hydroxyl groups excluding tert-OH is 2. The molecule has 2 N–H and O–H groups in total. The number of aliphatic hydroxyl groups is 2. The lowest BCUT2D eigenvalue weighted by atomic mass is 10.1. The van der Waals surface area contributed by atoms with E-state index in [9.17, 15) is 10.2 Å². The van der Waals surface area contributed by atoms with Crippen LogP contribution in [0.2, 0.25) is 0 Å². The molecule has 100 valence electrons. The van der Waals surface area contributed by atoms with E-state index >= 15 is 0 Å². The van der Waals surface area contributed by atoms with Gasteiger partial charge in [0.05, 0.1) is 12.4 Å². The zero-order valence-corrected chi connectivity index (χ0v) is 10.9. The summed E-state index contributed by atoms with van der Waals surface area (Å²) in [6.07, 6.45) is 5.51. The lowest BCUT2D eigenvalue weighted by Crippen LogP contribution is -2.04. The predicted molar refractivity (Wildman–Crippen MR) is 70.8 cm³/mol. The standard InChI is InChI=1S/C15H22O3/c1-2-3-4-8-13(16)9-5-6-10-14(17)15-11-7-12-18-15/h7,11-14,16-17H,2-4,8-10H2,1H3/t13-,14-/m1/s1. The fourth-order valence-electron chi connectivity index (χ4n) is 1.67. The van der Waals surface area contributed by atoms with Crippen LogP contribution in [-0.2, 0) is 0 Å². The van der Waals surface area contributed by atoms with Crippen molar-refractivity contribution in [2.75, 3.05) is 0 Å².